The summed E-state index contributed by atoms with van der Waals surface area (Å²) in [5.41, 5.74) is 5.89. The van der Waals surface area contributed by atoms with Gasteiger partial charge in [-0.1, -0.05) is 34.1 Å². The van der Waals surface area contributed by atoms with Crippen LogP contribution in [-0.2, 0) is 14.2 Å². The Bertz CT molecular complexity index is 285. The lowest BCUT2D eigenvalue weighted by molar-refractivity contribution is 0.01000. The number of nitrogens with one attached hydrogen (secondary N) is 1. The molecule has 1 heterocycles. The molecular weight excluding hydrogens is 330 g/mol. The third kappa shape index (κ3) is 16.0. The van der Waals surface area contributed by atoms with Gasteiger partial charge in [0.15, 0.2) is 0 Å². The first-order valence-corrected chi connectivity index (χ1v) is 10.6. The molecule has 0 aliphatic carbocycles. The van der Waals surface area contributed by atoms with Gasteiger partial charge in [0.05, 0.1) is 39.6 Å². The van der Waals surface area contributed by atoms with Gasteiger partial charge in [0.2, 0.25) is 0 Å². The van der Waals surface area contributed by atoms with Crippen LogP contribution in [0.15, 0.2) is 0 Å². The first kappa shape index (κ1) is 25.8. The summed E-state index contributed by atoms with van der Waals surface area (Å²) < 4.78 is 16.6. The van der Waals surface area contributed by atoms with Crippen LogP contribution in [0.2, 0.25) is 0 Å². The summed E-state index contributed by atoms with van der Waals surface area (Å²) in [5.74, 6) is 0.737. The molecule has 6 nitrogen and oxygen atoms in total. The van der Waals surface area contributed by atoms with Crippen LogP contribution in [0.4, 0.5) is 0 Å². The van der Waals surface area contributed by atoms with Crippen LogP contribution in [0.1, 0.15) is 49.8 Å². The van der Waals surface area contributed by atoms with E-state index in [1.165, 1.54) is 6.42 Å². The van der Waals surface area contributed by atoms with Crippen molar-refractivity contribution in [1.29, 1.82) is 0 Å². The standard InChI is InChI=1S/C18H39N3O3.C2H6.2H2/c1-3-17(2)16-20-6-10-22-12-14-24-15-13-23-11-9-21-7-4-18(19)5-8-21;1-2;;/h17-18,20H,3-16,19H2,1-2H3;1-2H3;2*1H. The fourth-order valence-corrected chi connectivity index (χ4v) is 2.55. The summed E-state index contributed by atoms with van der Waals surface area (Å²) in [7, 11) is 0. The molecule has 1 rings (SSSR count). The van der Waals surface area contributed by atoms with Crippen LogP contribution < -0.4 is 11.1 Å². The summed E-state index contributed by atoms with van der Waals surface area (Å²) in [4.78, 5) is 2.42. The smallest absolute Gasteiger partial charge is 0.0701 e. The lowest BCUT2D eigenvalue weighted by Crippen LogP contribution is -2.41. The van der Waals surface area contributed by atoms with E-state index >= 15 is 0 Å². The number of nitrogens with two attached hydrogens (primary N) is 1. The molecule has 6 heteroatoms. The normalized spacial score (nSPS) is 17.0. The molecular formula is C20H49N3O3. The highest BCUT2D eigenvalue weighted by molar-refractivity contribution is 4.73. The minimum absolute atomic E-state index is 0. The highest BCUT2D eigenvalue weighted by Gasteiger charge is 2.14. The van der Waals surface area contributed by atoms with Crippen molar-refractivity contribution in [3.05, 3.63) is 0 Å². The molecule has 1 aliphatic rings. The molecule has 1 fully saturated rings. The monoisotopic (exact) mass is 379 g/mol. The van der Waals surface area contributed by atoms with Crippen LogP contribution in [0.5, 0.6) is 0 Å². The zero-order valence-corrected chi connectivity index (χ0v) is 17.8. The summed E-state index contributed by atoms with van der Waals surface area (Å²) in [6.45, 7) is 17.8. The Kier molecular flexibility index (Phi) is 19.3. The van der Waals surface area contributed by atoms with Crippen molar-refractivity contribution in [2.75, 3.05) is 72.4 Å². The molecule has 0 saturated carbocycles. The van der Waals surface area contributed by atoms with Crippen LogP contribution in [-0.4, -0.2) is 83.3 Å². The van der Waals surface area contributed by atoms with Gasteiger partial charge in [-0.15, -0.1) is 0 Å². The Balaban J connectivity index is -0.00000151. The average Bonchev–Trinajstić information content (AvgIpc) is 2.68. The zero-order chi connectivity index (χ0) is 19.5. The molecule has 0 radical (unpaired) electrons. The quantitative estimate of drug-likeness (QED) is 0.426. The molecule has 0 spiro atoms. The van der Waals surface area contributed by atoms with E-state index in [-0.39, 0.29) is 2.85 Å². The van der Waals surface area contributed by atoms with Crippen molar-refractivity contribution < 1.29 is 17.1 Å². The largest absolute Gasteiger partial charge is 0.378 e. The number of ether oxygens (including phenoxy) is 3. The fourth-order valence-electron chi connectivity index (χ4n) is 2.55. The second kappa shape index (κ2) is 19.5. The maximum atomic E-state index is 5.89. The minimum Gasteiger partial charge on any atom is -0.378 e. The van der Waals surface area contributed by atoms with E-state index in [9.17, 15) is 0 Å². The van der Waals surface area contributed by atoms with Gasteiger partial charge in [0.25, 0.3) is 0 Å². The number of piperidine rings is 1. The summed E-state index contributed by atoms with van der Waals surface area (Å²) in [5, 5.41) is 3.39. The second-order valence-electron chi connectivity index (χ2n) is 6.73. The predicted molar refractivity (Wildman–Crippen MR) is 114 cm³/mol. The number of nitrogens with zero attached hydrogens (tertiary/aromatic N) is 1. The van der Waals surface area contributed by atoms with Crippen molar-refractivity contribution in [3.8, 4) is 0 Å². The maximum absolute atomic E-state index is 5.89. The van der Waals surface area contributed by atoms with Crippen molar-refractivity contribution in [2.24, 2.45) is 11.7 Å². The molecule has 26 heavy (non-hydrogen) atoms. The molecule has 1 unspecified atom stereocenters. The number of rotatable bonds is 15. The predicted octanol–water partition coefficient (Wildman–Crippen LogP) is 2.61. The maximum Gasteiger partial charge on any atom is 0.0701 e. The van der Waals surface area contributed by atoms with E-state index in [0.29, 0.717) is 32.5 Å². The Labute approximate surface area is 165 Å². The molecule has 0 amide bonds. The van der Waals surface area contributed by atoms with Crippen molar-refractivity contribution in [2.45, 2.75) is 53.0 Å². The number of hydrogen-bond acceptors (Lipinski definition) is 6. The SMILES string of the molecule is CC.CCC(C)CNCCOCCOCCOCCN1CCC(N)CC1.[HH].[HH]. The molecule has 0 bridgehead atoms. The highest BCUT2D eigenvalue weighted by atomic mass is 16.5. The van der Waals surface area contributed by atoms with Gasteiger partial charge in [-0.05, 0) is 38.4 Å². The number of hydrogen-bond donors (Lipinski definition) is 2. The minimum atomic E-state index is 0. The molecule has 1 aliphatic heterocycles. The van der Waals surface area contributed by atoms with Gasteiger partial charge >= 0.3 is 0 Å². The molecule has 0 aromatic rings. The summed E-state index contributed by atoms with van der Waals surface area (Å²) in [6.07, 6.45) is 3.43. The fraction of sp³-hybridized carbons (Fsp3) is 1.00. The van der Waals surface area contributed by atoms with E-state index < -0.39 is 0 Å². The topological polar surface area (TPSA) is 69.0 Å². The third-order valence-corrected chi connectivity index (χ3v) is 4.54. The van der Waals surface area contributed by atoms with Crippen molar-refractivity contribution in [1.82, 2.24) is 10.2 Å². The first-order chi connectivity index (χ1) is 12.7. The van der Waals surface area contributed by atoms with Gasteiger partial charge in [-0.3, -0.25) is 0 Å². The Morgan fingerprint density at radius 3 is 2.12 bits per heavy atom. The molecule has 1 atom stereocenters. The van der Waals surface area contributed by atoms with E-state index in [1.807, 2.05) is 13.8 Å². The lowest BCUT2D eigenvalue weighted by atomic mass is 10.1. The van der Waals surface area contributed by atoms with Crippen molar-refractivity contribution >= 4 is 0 Å². The highest BCUT2D eigenvalue weighted by Crippen LogP contribution is 2.07. The molecule has 1 saturated heterocycles. The van der Waals surface area contributed by atoms with Gasteiger partial charge < -0.3 is 30.2 Å². The molecule has 162 valence electrons. The van der Waals surface area contributed by atoms with Crippen LogP contribution in [0, 0.1) is 5.92 Å². The molecule has 0 aromatic carbocycles. The van der Waals surface area contributed by atoms with Gasteiger partial charge in [-0.25, -0.2) is 0 Å². The van der Waals surface area contributed by atoms with E-state index in [2.05, 4.69) is 24.1 Å². The summed E-state index contributed by atoms with van der Waals surface area (Å²) in [6, 6.07) is 0.397. The Hall–Kier alpha value is -0.240. The third-order valence-electron chi connectivity index (χ3n) is 4.54. The van der Waals surface area contributed by atoms with E-state index in [4.69, 9.17) is 19.9 Å². The van der Waals surface area contributed by atoms with Crippen LogP contribution in [0.3, 0.4) is 0 Å². The Morgan fingerprint density at radius 1 is 1.00 bits per heavy atom. The number of likely N-dealkylation sites (tertiary alicyclic amines) is 1. The zero-order valence-electron chi connectivity index (χ0n) is 17.8. The van der Waals surface area contributed by atoms with Gasteiger partial charge in [0, 0.05) is 22.0 Å². The van der Waals surface area contributed by atoms with E-state index in [0.717, 1.165) is 64.7 Å². The lowest BCUT2D eigenvalue weighted by Gasteiger charge is -2.29. The van der Waals surface area contributed by atoms with Crippen LogP contribution in [0.25, 0.3) is 0 Å². The van der Waals surface area contributed by atoms with Crippen molar-refractivity contribution in [3.63, 3.8) is 0 Å². The van der Waals surface area contributed by atoms with Gasteiger partial charge in [0.1, 0.15) is 0 Å². The summed E-state index contributed by atoms with van der Waals surface area (Å²) >= 11 is 0. The Morgan fingerprint density at radius 2 is 1.54 bits per heavy atom. The molecule has 3 N–H and O–H groups in total. The van der Waals surface area contributed by atoms with Crippen LogP contribution >= 0.6 is 0 Å². The average molecular weight is 380 g/mol. The molecule has 0 aromatic heterocycles. The van der Waals surface area contributed by atoms with E-state index in [1.54, 1.807) is 0 Å². The second-order valence-corrected chi connectivity index (χ2v) is 6.73. The van der Waals surface area contributed by atoms with Gasteiger partial charge in [-0.2, -0.15) is 0 Å². The first-order valence-electron chi connectivity index (χ1n) is 10.6.